The number of carbonyl (C=O) groups is 2. The first-order chi connectivity index (χ1) is 12.3. The molecule has 0 radical (unpaired) electrons. The van der Waals surface area contributed by atoms with Gasteiger partial charge >= 0.3 is 12.1 Å². The van der Waals surface area contributed by atoms with Crippen molar-refractivity contribution in [3.05, 3.63) is 71.3 Å². The van der Waals surface area contributed by atoms with E-state index in [-0.39, 0.29) is 18.4 Å². The fourth-order valence-corrected chi connectivity index (χ4v) is 2.56. The third kappa shape index (κ3) is 5.34. The van der Waals surface area contributed by atoms with Gasteiger partial charge in [0.05, 0.1) is 19.1 Å². The zero-order valence-corrected chi connectivity index (χ0v) is 14.0. The molecule has 1 N–H and O–H groups in total. The Morgan fingerprint density at radius 1 is 1.04 bits per heavy atom. The van der Waals surface area contributed by atoms with Crippen LogP contribution in [-0.2, 0) is 33.3 Å². The van der Waals surface area contributed by atoms with Gasteiger partial charge in [-0.3, -0.25) is 4.79 Å². The molecule has 2 rings (SSSR count). The molecular formula is C19H18F3NO3. The number of rotatable bonds is 6. The van der Waals surface area contributed by atoms with Gasteiger partial charge in [-0.1, -0.05) is 48.5 Å². The smallest absolute Gasteiger partial charge is 0.416 e. The number of hydrogen-bond donors (Lipinski definition) is 1. The van der Waals surface area contributed by atoms with Crippen molar-refractivity contribution in [1.29, 1.82) is 0 Å². The SMILES string of the molecule is COC(=O)[C@@H](Cc1ccccc1C(F)(F)F)NC(=O)Cc1ccccc1. The van der Waals surface area contributed by atoms with Crippen LogP contribution < -0.4 is 5.32 Å². The standard InChI is InChI=1S/C19H18F3NO3/c1-26-18(25)16(23-17(24)11-13-7-3-2-4-8-13)12-14-9-5-6-10-15(14)19(20,21)22/h2-10,16H,11-12H2,1H3,(H,23,24)/t16-/m1/s1. The van der Waals surface area contributed by atoms with Crippen LogP contribution in [0.15, 0.2) is 54.6 Å². The van der Waals surface area contributed by atoms with E-state index in [0.29, 0.717) is 0 Å². The Hall–Kier alpha value is -2.83. The Balaban J connectivity index is 2.16. The molecular weight excluding hydrogens is 347 g/mol. The zero-order chi connectivity index (χ0) is 19.2. The van der Waals surface area contributed by atoms with Crippen LogP contribution >= 0.6 is 0 Å². The lowest BCUT2D eigenvalue weighted by Crippen LogP contribution is -2.44. The van der Waals surface area contributed by atoms with Crippen LogP contribution in [0.25, 0.3) is 0 Å². The molecule has 0 saturated carbocycles. The predicted octanol–water partition coefficient (Wildman–Crippen LogP) is 3.15. The summed E-state index contributed by atoms with van der Waals surface area (Å²) in [5.74, 6) is -1.28. The number of carbonyl (C=O) groups excluding carboxylic acids is 2. The Morgan fingerprint density at radius 2 is 1.65 bits per heavy atom. The van der Waals surface area contributed by atoms with E-state index in [2.05, 4.69) is 10.1 Å². The fourth-order valence-electron chi connectivity index (χ4n) is 2.56. The van der Waals surface area contributed by atoms with Crippen molar-refractivity contribution in [3.63, 3.8) is 0 Å². The highest BCUT2D eigenvalue weighted by molar-refractivity contribution is 5.85. The lowest BCUT2D eigenvalue weighted by atomic mass is 9.99. The Labute approximate surface area is 149 Å². The van der Waals surface area contributed by atoms with E-state index in [1.165, 1.54) is 18.2 Å². The highest BCUT2D eigenvalue weighted by Crippen LogP contribution is 2.32. The summed E-state index contributed by atoms with van der Waals surface area (Å²) in [7, 11) is 1.12. The van der Waals surface area contributed by atoms with Crippen molar-refractivity contribution in [3.8, 4) is 0 Å². The molecule has 2 aromatic rings. The maximum absolute atomic E-state index is 13.1. The minimum Gasteiger partial charge on any atom is -0.467 e. The lowest BCUT2D eigenvalue weighted by Gasteiger charge is -2.19. The molecule has 0 spiro atoms. The number of methoxy groups -OCH3 is 1. The Kier molecular flexibility index (Phi) is 6.38. The Morgan fingerprint density at radius 3 is 2.27 bits per heavy atom. The van der Waals surface area contributed by atoms with Gasteiger partial charge in [-0.2, -0.15) is 13.2 Å². The summed E-state index contributed by atoms with van der Waals surface area (Å²) in [6.07, 6.45) is -4.86. The number of benzene rings is 2. The number of halogens is 3. The summed E-state index contributed by atoms with van der Waals surface area (Å²) >= 11 is 0. The van der Waals surface area contributed by atoms with Crippen molar-refractivity contribution < 1.29 is 27.5 Å². The average molecular weight is 365 g/mol. The second-order valence-corrected chi connectivity index (χ2v) is 5.66. The fraction of sp³-hybridized carbons (Fsp3) is 0.263. The van der Waals surface area contributed by atoms with Gasteiger partial charge in [0.15, 0.2) is 0 Å². The predicted molar refractivity (Wildman–Crippen MR) is 89.2 cm³/mol. The first-order valence-corrected chi connectivity index (χ1v) is 7.87. The number of amides is 1. The van der Waals surface area contributed by atoms with Crippen LogP contribution in [0.4, 0.5) is 13.2 Å². The van der Waals surface area contributed by atoms with Crippen molar-refractivity contribution in [2.75, 3.05) is 7.11 Å². The van der Waals surface area contributed by atoms with Crippen LogP contribution in [-0.4, -0.2) is 25.0 Å². The molecule has 0 aliphatic heterocycles. The van der Waals surface area contributed by atoms with E-state index in [0.717, 1.165) is 18.7 Å². The molecule has 0 aliphatic rings. The Bertz CT molecular complexity index is 760. The molecule has 0 fully saturated rings. The maximum Gasteiger partial charge on any atom is 0.416 e. The van der Waals surface area contributed by atoms with E-state index < -0.39 is 29.7 Å². The minimum atomic E-state index is -4.55. The van der Waals surface area contributed by atoms with Crippen molar-refractivity contribution in [2.45, 2.75) is 25.1 Å². The molecule has 0 bridgehead atoms. The molecule has 1 atom stereocenters. The maximum atomic E-state index is 13.1. The first kappa shape index (κ1) is 19.5. The summed E-state index contributed by atoms with van der Waals surface area (Å²) in [6.45, 7) is 0. The number of nitrogens with one attached hydrogen (secondary N) is 1. The van der Waals surface area contributed by atoms with E-state index in [9.17, 15) is 22.8 Å². The second kappa shape index (κ2) is 8.51. The average Bonchev–Trinajstić information content (AvgIpc) is 2.61. The van der Waals surface area contributed by atoms with Crippen molar-refractivity contribution in [2.24, 2.45) is 0 Å². The molecule has 0 aromatic heterocycles. The van der Waals surface area contributed by atoms with Gasteiger partial charge in [0.25, 0.3) is 0 Å². The summed E-state index contributed by atoms with van der Waals surface area (Å²) in [5.41, 5.74) is -0.203. The van der Waals surface area contributed by atoms with Crippen LogP contribution in [0.1, 0.15) is 16.7 Å². The molecule has 4 nitrogen and oxygen atoms in total. The van der Waals surface area contributed by atoms with Crippen LogP contribution in [0.5, 0.6) is 0 Å². The van der Waals surface area contributed by atoms with Crippen LogP contribution in [0, 0.1) is 0 Å². The first-order valence-electron chi connectivity index (χ1n) is 7.87. The molecule has 26 heavy (non-hydrogen) atoms. The molecule has 2 aromatic carbocycles. The van der Waals surface area contributed by atoms with Crippen LogP contribution in [0.3, 0.4) is 0 Å². The topological polar surface area (TPSA) is 55.4 Å². The molecule has 7 heteroatoms. The van der Waals surface area contributed by atoms with E-state index in [1.807, 2.05) is 0 Å². The molecule has 0 saturated heterocycles. The highest BCUT2D eigenvalue weighted by atomic mass is 19.4. The molecule has 0 aliphatic carbocycles. The third-order valence-electron chi connectivity index (χ3n) is 3.78. The molecule has 138 valence electrons. The van der Waals surface area contributed by atoms with Gasteiger partial charge in [-0.15, -0.1) is 0 Å². The third-order valence-corrected chi connectivity index (χ3v) is 3.78. The van der Waals surface area contributed by atoms with E-state index in [4.69, 9.17) is 0 Å². The van der Waals surface area contributed by atoms with Crippen molar-refractivity contribution in [1.82, 2.24) is 5.32 Å². The lowest BCUT2D eigenvalue weighted by molar-refractivity contribution is -0.145. The summed E-state index contributed by atoms with van der Waals surface area (Å²) < 4.78 is 44.0. The van der Waals surface area contributed by atoms with Gasteiger partial charge in [-0.25, -0.2) is 4.79 Å². The molecule has 0 heterocycles. The van der Waals surface area contributed by atoms with Crippen LogP contribution in [0.2, 0.25) is 0 Å². The van der Waals surface area contributed by atoms with Gasteiger partial charge in [0, 0.05) is 6.42 Å². The van der Waals surface area contributed by atoms with Gasteiger partial charge in [0.1, 0.15) is 6.04 Å². The number of alkyl halides is 3. The van der Waals surface area contributed by atoms with Gasteiger partial charge < -0.3 is 10.1 Å². The minimum absolute atomic E-state index is 0.00918. The van der Waals surface area contributed by atoms with Gasteiger partial charge in [-0.05, 0) is 17.2 Å². The zero-order valence-electron chi connectivity index (χ0n) is 14.0. The second-order valence-electron chi connectivity index (χ2n) is 5.66. The number of ether oxygens (including phenoxy) is 1. The number of hydrogen-bond acceptors (Lipinski definition) is 3. The summed E-state index contributed by atoms with van der Waals surface area (Å²) in [6, 6.07) is 12.5. The number of esters is 1. The summed E-state index contributed by atoms with van der Waals surface area (Å²) in [5, 5.41) is 2.46. The normalized spacial score (nSPS) is 12.3. The van der Waals surface area contributed by atoms with E-state index in [1.54, 1.807) is 30.3 Å². The molecule has 0 unspecified atom stereocenters. The quantitative estimate of drug-likeness (QED) is 0.800. The van der Waals surface area contributed by atoms with Crippen molar-refractivity contribution >= 4 is 11.9 Å². The highest BCUT2D eigenvalue weighted by Gasteiger charge is 2.34. The summed E-state index contributed by atoms with van der Waals surface area (Å²) in [4.78, 5) is 24.1. The van der Waals surface area contributed by atoms with E-state index >= 15 is 0 Å². The monoisotopic (exact) mass is 365 g/mol. The molecule has 1 amide bonds. The largest absolute Gasteiger partial charge is 0.467 e. The van der Waals surface area contributed by atoms with Gasteiger partial charge in [0.2, 0.25) is 5.91 Å².